The summed E-state index contributed by atoms with van der Waals surface area (Å²) in [6.07, 6.45) is 6.74. The van der Waals surface area contributed by atoms with Gasteiger partial charge in [-0.15, -0.1) is 0 Å². The third-order valence-corrected chi connectivity index (χ3v) is 7.78. The van der Waals surface area contributed by atoms with Crippen LogP contribution < -0.4 is 0 Å². The van der Waals surface area contributed by atoms with Gasteiger partial charge in [0.05, 0.1) is 0 Å². The van der Waals surface area contributed by atoms with Crippen LogP contribution in [0.25, 0.3) is 0 Å². The molecule has 0 aliphatic heterocycles. The molecule has 1 aliphatic carbocycles. The molecule has 1 fully saturated rings. The van der Waals surface area contributed by atoms with Gasteiger partial charge in [-0.1, -0.05) is 55.2 Å². The highest BCUT2D eigenvalue weighted by Crippen LogP contribution is 2.37. The summed E-state index contributed by atoms with van der Waals surface area (Å²) in [5.41, 5.74) is 2.05. The Morgan fingerprint density at radius 1 is 0.947 bits per heavy atom. The highest BCUT2D eigenvalue weighted by atomic mass is 28.4. The zero-order chi connectivity index (χ0) is 14.1. The number of rotatable bonds is 3. The van der Waals surface area contributed by atoms with Gasteiger partial charge in [0.15, 0.2) is 0 Å². The molecule has 0 bridgehead atoms. The average molecular weight is 280 g/mol. The lowest BCUT2D eigenvalue weighted by Gasteiger charge is -2.34. The highest BCUT2D eigenvalue weighted by Gasteiger charge is 2.39. The molecule has 3 heteroatoms. The van der Waals surface area contributed by atoms with E-state index in [1.54, 1.807) is 14.2 Å². The van der Waals surface area contributed by atoms with Gasteiger partial charge in [-0.05, 0) is 26.3 Å². The molecule has 19 heavy (non-hydrogen) atoms. The zero-order valence-electron chi connectivity index (χ0n) is 12.8. The molecular weight excluding hydrogens is 252 g/mol. The van der Waals surface area contributed by atoms with E-state index in [0.29, 0.717) is 0 Å². The Balaban J connectivity index is 0.000000218. The standard InChI is InChI=1S/C9H20O2Si.C7H8/c1-10-12(3,11-2)9-7-5-4-6-8-9;1-7-5-3-2-4-6-7/h9H,4-8H2,1-3H3;2-6H,1H3. The summed E-state index contributed by atoms with van der Waals surface area (Å²) in [4.78, 5) is 0. The quantitative estimate of drug-likeness (QED) is 0.748. The summed E-state index contributed by atoms with van der Waals surface area (Å²) in [5, 5.41) is 0. The van der Waals surface area contributed by atoms with Crippen LogP contribution in [-0.2, 0) is 8.85 Å². The minimum absolute atomic E-state index is 0.723. The molecule has 1 aromatic rings. The van der Waals surface area contributed by atoms with Crippen molar-refractivity contribution in [3.63, 3.8) is 0 Å². The SMILES string of the molecule is CO[Si](C)(OC)C1CCCCC1.Cc1ccccc1. The van der Waals surface area contributed by atoms with Crippen LogP contribution in [0.1, 0.15) is 37.7 Å². The fourth-order valence-corrected chi connectivity index (χ4v) is 4.87. The minimum atomic E-state index is -1.80. The first-order valence-corrected chi connectivity index (χ1v) is 9.63. The molecule has 0 unspecified atom stereocenters. The van der Waals surface area contributed by atoms with Crippen LogP contribution >= 0.6 is 0 Å². The Labute approximate surface area is 119 Å². The lowest BCUT2D eigenvalue weighted by atomic mass is 10.0. The van der Waals surface area contributed by atoms with Crippen molar-refractivity contribution < 1.29 is 8.85 Å². The first-order valence-electron chi connectivity index (χ1n) is 7.24. The van der Waals surface area contributed by atoms with Crippen molar-refractivity contribution in [1.82, 2.24) is 0 Å². The van der Waals surface area contributed by atoms with E-state index >= 15 is 0 Å². The number of hydrogen-bond acceptors (Lipinski definition) is 2. The van der Waals surface area contributed by atoms with Gasteiger partial charge in [0.1, 0.15) is 0 Å². The van der Waals surface area contributed by atoms with Crippen LogP contribution in [0.5, 0.6) is 0 Å². The average Bonchev–Trinajstić information content (AvgIpc) is 2.49. The normalized spacial score (nSPS) is 16.6. The fraction of sp³-hybridized carbons (Fsp3) is 0.625. The van der Waals surface area contributed by atoms with Crippen LogP contribution in [-0.4, -0.2) is 22.8 Å². The minimum Gasteiger partial charge on any atom is -0.398 e. The van der Waals surface area contributed by atoms with E-state index in [-0.39, 0.29) is 0 Å². The van der Waals surface area contributed by atoms with E-state index < -0.39 is 8.56 Å². The maximum absolute atomic E-state index is 5.54. The van der Waals surface area contributed by atoms with Crippen LogP contribution in [0, 0.1) is 6.92 Å². The fourth-order valence-electron chi connectivity index (χ4n) is 2.58. The van der Waals surface area contributed by atoms with Crippen molar-refractivity contribution in [2.75, 3.05) is 14.2 Å². The molecule has 1 saturated carbocycles. The summed E-state index contributed by atoms with van der Waals surface area (Å²) in [7, 11) is 1.80. The van der Waals surface area contributed by atoms with Crippen molar-refractivity contribution in [3.05, 3.63) is 35.9 Å². The van der Waals surface area contributed by atoms with E-state index in [2.05, 4.69) is 25.6 Å². The van der Waals surface area contributed by atoms with Crippen LogP contribution in [0.15, 0.2) is 30.3 Å². The topological polar surface area (TPSA) is 18.5 Å². The van der Waals surface area contributed by atoms with Crippen LogP contribution in [0.3, 0.4) is 0 Å². The maximum atomic E-state index is 5.54. The second-order valence-corrected chi connectivity index (χ2v) is 9.08. The molecule has 0 heterocycles. The molecule has 0 N–H and O–H groups in total. The molecule has 0 saturated heterocycles. The molecule has 1 aliphatic rings. The summed E-state index contributed by atoms with van der Waals surface area (Å²) in [6, 6.07) is 10.3. The lowest BCUT2D eigenvalue weighted by Crippen LogP contribution is -2.42. The van der Waals surface area contributed by atoms with Gasteiger partial charge >= 0.3 is 8.56 Å². The van der Waals surface area contributed by atoms with Gasteiger partial charge < -0.3 is 8.85 Å². The number of benzene rings is 1. The predicted molar refractivity (Wildman–Crippen MR) is 83.7 cm³/mol. The predicted octanol–water partition coefficient (Wildman–Crippen LogP) is 4.68. The van der Waals surface area contributed by atoms with Crippen molar-refractivity contribution in [2.24, 2.45) is 0 Å². The molecule has 0 atom stereocenters. The lowest BCUT2D eigenvalue weighted by molar-refractivity contribution is 0.224. The van der Waals surface area contributed by atoms with E-state index in [0.717, 1.165) is 5.54 Å². The summed E-state index contributed by atoms with van der Waals surface area (Å²) in [6.45, 7) is 4.27. The Bertz CT molecular complexity index is 330. The molecule has 0 spiro atoms. The van der Waals surface area contributed by atoms with E-state index in [9.17, 15) is 0 Å². The molecule has 0 amide bonds. The largest absolute Gasteiger partial charge is 0.398 e. The summed E-state index contributed by atoms with van der Waals surface area (Å²) >= 11 is 0. The zero-order valence-corrected chi connectivity index (χ0v) is 13.8. The van der Waals surface area contributed by atoms with Crippen molar-refractivity contribution >= 4 is 8.56 Å². The second-order valence-electron chi connectivity index (χ2n) is 5.41. The van der Waals surface area contributed by atoms with Crippen molar-refractivity contribution in [1.29, 1.82) is 0 Å². The third kappa shape index (κ3) is 5.47. The monoisotopic (exact) mass is 280 g/mol. The molecule has 1 aromatic carbocycles. The number of aryl methyl sites for hydroxylation is 1. The first-order chi connectivity index (χ1) is 9.12. The molecule has 2 nitrogen and oxygen atoms in total. The van der Waals surface area contributed by atoms with Gasteiger partial charge in [0.25, 0.3) is 0 Å². The summed E-state index contributed by atoms with van der Waals surface area (Å²) in [5.74, 6) is 0. The van der Waals surface area contributed by atoms with Gasteiger partial charge in [-0.2, -0.15) is 0 Å². The second kappa shape index (κ2) is 8.51. The van der Waals surface area contributed by atoms with Gasteiger partial charge in [-0.3, -0.25) is 0 Å². The Hall–Kier alpha value is -0.643. The highest BCUT2D eigenvalue weighted by molar-refractivity contribution is 6.67. The van der Waals surface area contributed by atoms with Gasteiger partial charge in [0.2, 0.25) is 0 Å². The molecule has 108 valence electrons. The van der Waals surface area contributed by atoms with Gasteiger partial charge in [-0.25, -0.2) is 0 Å². The van der Waals surface area contributed by atoms with Crippen LogP contribution in [0.2, 0.25) is 12.1 Å². The molecule has 2 rings (SSSR count). The molecule has 0 aromatic heterocycles. The number of hydrogen-bond donors (Lipinski definition) is 0. The van der Waals surface area contributed by atoms with E-state index in [4.69, 9.17) is 8.85 Å². The summed E-state index contributed by atoms with van der Waals surface area (Å²) < 4.78 is 11.1. The third-order valence-electron chi connectivity index (χ3n) is 4.10. The Morgan fingerprint density at radius 2 is 1.47 bits per heavy atom. The van der Waals surface area contributed by atoms with E-state index in [1.165, 1.54) is 37.7 Å². The molecular formula is C16H28O2Si. The smallest absolute Gasteiger partial charge is 0.337 e. The van der Waals surface area contributed by atoms with Crippen molar-refractivity contribution in [2.45, 2.75) is 51.1 Å². The van der Waals surface area contributed by atoms with Crippen LogP contribution in [0.4, 0.5) is 0 Å². The van der Waals surface area contributed by atoms with Crippen molar-refractivity contribution in [3.8, 4) is 0 Å². The Morgan fingerprint density at radius 3 is 1.84 bits per heavy atom. The molecule has 0 radical (unpaired) electrons. The first kappa shape index (κ1) is 16.4. The van der Waals surface area contributed by atoms with E-state index in [1.807, 2.05) is 18.2 Å². The maximum Gasteiger partial charge on any atom is 0.337 e. The Kier molecular flexibility index (Phi) is 7.35. The van der Waals surface area contributed by atoms with Gasteiger partial charge in [0, 0.05) is 19.8 Å².